The Hall–Kier alpha value is -1.06. The van der Waals surface area contributed by atoms with Gasteiger partial charge in [-0.25, -0.2) is 0 Å². The van der Waals surface area contributed by atoms with E-state index in [4.69, 9.17) is 5.73 Å². The number of rotatable bonds is 5. The van der Waals surface area contributed by atoms with Gasteiger partial charge in [-0.15, -0.1) is 12.4 Å². The van der Waals surface area contributed by atoms with Crippen LogP contribution in [0.3, 0.4) is 0 Å². The molecule has 3 N–H and O–H groups in total. The summed E-state index contributed by atoms with van der Waals surface area (Å²) in [6, 6.07) is 8.53. The molecule has 1 atom stereocenters. The number of hydrogen-bond acceptors (Lipinski definition) is 2. The Morgan fingerprint density at radius 3 is 2.25 bits per heavy atom. The topological polar surface area (TPSA) is 55.1 Å². The third-order valence-corrected chi connectivity index (χ3v) is 3.06. The fourth-order valence-electron chi connectivity index (χ4n) is 1.88. The van der Waals surface area contributed by atoms with E-state index in [1.54, 1.807) is 0 Å². The Morgan fingerprint density at radius 1 is 1.25 bits per heavy atom. The molecule has 0 aliphatic rings. The zero-order valence-electron chi connectivity index (χ0n) is 12.9. The van der Waals surface area contributed by atoms with Crippen molar-refractivity contribution in [2.75, 3.05) is 6.54 Å². The van der Waals surface area contributed by atoms with E-state index >= 15 is 0 Å². The highest BCUT2D eigenvalue weighted by molar-refractivity contribution is 5.85. The predicted octanol–water partition coefficient (Wildman–Crippen LogP) is 2.80. The van der Waals surface area contributed by atoms with Crippen molar-refractivity contribution in [2.45, 2.75) is 52.0 Å². The Balaban J connectivity index is 0.00000361. The van der Waals surface area contributed by atoms with E-state index in [0.717, 1.165) is 6.42 Å². The third-order valence-electron chi connectivity index (χ3n) is 3.06. The number of halogens is 1. The van der Waals surface area contributed by atoms with Crippen molar-refractivity contribution in [1.29, 1.82) is 0 Å². The number of carbonyl (C=O) groups is 1. The molecule has 0 bridgehead atoms. The van der Waals surface area contributed by atoms with Crippen LogP contribution in [0.25, 0.3) is 0 Å². The minimum atomic E-state index is -0.0777. The Kier molecular flexibility index (Phi) is 7.84. The molecule has 1 rings (SSSR count). The Morgan fingerprint density at radius 2 is 1.80 bits per heavy atom. The summed E-state index contributed by atoms with van der Waals surface area (Å²) in [6.07, 6.45) is 1.25. The molecule has 0 saturated carbocycles. The predicted molar refractivity (Wildman–Crippen MR) is 87.4 cm³/mol. The summed E-state index contributed by atoms with van der Waals surface area (Å²) >= 11 is 0. The van der Waals surface area contributed by atoms with Gasteiger partial charge in [-0.05, 0) is 29.9 Å². The molecule has 0 fully saturated rings. The fraction of sp³-hybridized carbons (Fsp3) is 0.562. The SMILES string of the molecule is CC(N)CC(=O)NCCc1ccc(C(C)(C)C)cc1.Cl. The number of carbonyl (C=O) groups excluding carboxylic acids is 1. The van der Waals surface area contributed by atoms with Gasteiger partial charge in [0, 0.05) is 19.0 Å². The van der Waals surface area contributed by atoms with E-state index in [9.17, 15) is 4.79 Å². The van der Waals surface area contributed by atoms with E-state index in [0.29, 0.717) is 13.0 Å². The Bertz CT molecular complexity index is 407. The largest absolute Gasteiger partial charge is 0.356 e. The highest BCUT2D eigenvalue weighted by Crippen LogP contribution is 2.22. The molecule has 0 heterocycles. The van der Waals surface area contributed by atoms with Crippen LogP contribution in [0.4, 0.5) is 0 Å². The standard InChI is InChI=1S/C16H26N2O.ClH/c1-12(17)11-15(19)18-10-9-13-5-7-14(8-6-13)16(2,3)4;/h5-8,12H,9-11,17H2,1-4H3,(H,18,19);1H. The van der Waals surface area contributed by atoms with Crippen LogP contribution >= 0.6 is 12.4 Å². The lowest BCUT2D eigenvalue weighted by molar-refractivity contribution is -0.121. The molecule has 3 nitrogen and oxygen atoms in total. The first kappa shape index (κ1) is 18.9. The molecule has 0 aliphatic heterocycles. The number of amides is 1. The normalized spacial score (nSPS) is 12.4. The molecule has 0 saturated heterocycles. The average Bonchev–Trinajstić information content (AvgIpc) is 2.27. The molecule has 0 aromatic heterocycles. The van der Waals surface area contributed by atoms with E-state index < -0.39 is 0 Å². The Labute approximate surface area is 128 Å². The van der Waals surface area contributed by atoms with E-state index in [-0.39, 0.29) is 29.8 Å². The zero-order valence-corrected chi connectivity index (χ0v) is 13.7. The molecular weight excluding hydrogens is 272 g/mol. The van der Waals surface area contributed by atoms with Crippen LogP contribution in [-0.2, 0) is 16.6 Å². The molecule has 1 amide bonds. The maximum atomic E-state index is 11.4. The fourth-order valence-corrected chi connectivity index (χ4v) is 1.88. The summed E-state index contributed by atoms with van der Waals surface area (Å²) in [7, 11) is 0. The zero-order chi connectivity index (χ0) is 14.5. The van der Waals surface area contributed by atoms with E-state index in [2.05, 4.69) is 50.4 Å². The van der Waals surface area contributed by atoms with Gasteiger partial charge in [-0.1, -0.05) is 45.0 Å². The van der Waals surface area contributed by atoms with Crippen LogP contribution in [0.5, 0.6) is 0 Å². The smallest absolute Gasteiger partial charge is 0.221 e. The molecule has 114 valence electrons. The van der Waals surface area contributed by atoms with Crippen molar-refractivity contribution in [2.24, 2.45) is 5.73 Å². The van der Waals surface area contributed by atoms with Crippen LogP contribution < -0.4 is 11.1 Å². The summed E-state index contributed by atoms with van der Waals surface area (Å²) in [5.41, 5.74) is 8.33. The molecule has 1 unspecified atom stereocenters. The van der Waals surface area contributed by atoms with Crippen LogP contribution in [0.15, 0.2) is 24.3 Å². The van der Waals surface area contributed by atoms with Gasteiger partial charge in [0.15, 0.2) is 0 Å². The van der Waals surface area contributed by atoms with E-state index in [1.165, 1.54) is 11.1 Å². The van der Waals surface area contributed by atoms with E-state index in [1.807, 2.05) is 6.92 Å². The second-order valence-electron chi connectivity index (χ2n) is 6.23. The third kappa shape index (κ3) is 6.92. The lowest BCUT2D eigenvalue weighted by Crippen LogP contribution is -2.31. The minimum Gasteiger partial charge on any atom is -0.356 e. The monoisotopic (exact) mass is 298 g/mol. The lowest BCUT2D eigenvalue weighted by atomic mass is 9.86. The summed E-state index contributed by atoms with van der Waals surface area (Å²) in [5, 5.41) is 2.89. The van der Waals surface area contributed by atoms with Crippen molar-refractivity contribution >= 4 is 18.3 Å². The molecular formula is C16H27ClN2O. The van der Waals surface area contributed by atoms with Gasteiger partial charge in [0.1, 0.15) is 0 Å². The van der Waals surface area contributed by atoms with Crippen LogP contribution in [0.1, 0.15) is 45.2 Å². The number of nitrogens with two attached hydrogens (primary N) is 1. The minimum absolute atomic E-state index is 0. The maximum absolute atomic E-state index is 11.4. The lowest BCUT2D eigenvalue weighted by Gasteiger charge is -2.19. The average molecular weight is 299 g/mol. The molecule has 0 radical (unpaired) electrons. The molecule has 0 aliphatic carbocycles. The van der Waals surface area contributed by atoms with Crippen LogP contribution in [-0.4, -0.2) is 18.5 Å². The van der Waals surface area contributed by atoms with Crippen LogP contribution in [0.2, 0.25) is 0 Å². The van der Waals surface area contributed by atoms with Gasteiger partial charge < -0.3 is 11.1 Å². The molecule has 4 heteroatoms. The second-order valence-corrected chi connectivity index (χ2v) is 6.23. The summed E-state index contributed by atoms with van der Waals surface area (Å²) in [4.78, 5) is 11.4. The first-order valence-electron chi connectivity index (χ1n) is 6.91. The maximum Gasteiger partial charge on any atom is 0.221 e. The van der Waals surface area contributed by atoms with Gasteiger partial charge in [0.05, 0.1) is 0 Å². The first-order valence-corrected chi connectivity index (χ1v) is 6.91. The summed E-state index contributed by atoms with van der Waals surface area (Å²) in [5.74, 6) is 0.0290. The van der Waals surface area contributed by atoms with Crippen molar-refractivity contribution in [3.8, 4) is 0 Å². The van der Waals surface area contributed by atoms with Crippen molar-refractivity contribution in [3.63, 3.8) is 0 Å². The van der Waals surface area contributed by atoms with Gasteiger partial charge in [-0.3, -0.25) is 4.79 Å². The molecule has 20 heavy (non-hydrogen) atoms. The highest BCUT2D eigenvalue weighted by Gasteiger charge is 2.12. The second kappa shape index (κ2) is 8.28. The van der Waals surface area contributed by atoms with Crippen molar-refractivity contribution in [3.05, 3.63) is 35.4 Å². The summed E-state index contributed by atoms with van der Waals surface area (Å²) in [6.45, 7) is 9.12. The quantitative estimate of drug-likeness (QED) is 0.878. The van der Waals surface area contributed by atoms with Gasteiger partial charge >= 0.3 is 0 Å². The number of hydrogen-bond donors (Lipinski definition) is 2. The van der Waals surface area contributed by atoms with Gasteiger partial charge in [0.2, 0.25) is 5.91 Å². The highest BCUT2D eigenvalue weighted by atomic mass is 35.5. The molecule has 1 aromatic carbocycles. The van der Waals surface area contributed by atoms with Crippen molar-refractivity contribution in [1.82, 2.24) is 5.32 Å². The molecule has 0 spiro atoms. The number of nitrogens with one attached hydrogen (secondary N) is 1. The first-order chi connectivity index (χ1) is 8.79. The van der Waals surface area contributed by atoms with Crippen molar-refractivity contribution < 1.29 is 4.79 Å². The van der Waals surface area contributed by atoms with Gasteiger partial charge in [-0.2, -0.15) is 0 Å². The summed E-state index contributed by atoms with van der Waals surface area (Å²) < 4.78 is 0. The van der Waals surface area contributed by atoms with Crippen LogP contribution in [0, 0.1) is 0 Å². The number of benzene rings is 1. The molecule has 1 aromatic rings. The van der Waals surface area contributed by atoms with Gasteiger partial charge in [0.25, 0.3) is 0 Å².